The van der Waals surface area contributed by atoms with Gasteiger partial charge in [0.2, 0.25) is 0 Å². The monoisotopic (exact) mass is 383 g/mol. The molecule has 0 amide bonds. The Morgan fingerprint density at radius 3 is 2.52 bits per heavy atom. The molecule has 0 radical (unpaired) electrons. The van der Waals surface area contributed by atoms with Crippen molar-refractivity contribution in [3.63, 3.8) is 0 Å². The van der Waals surface area contributed by atoms with Gasteiger partial charge in [-0.2, -0.15) is 0 Å². The zero-order valence-electron chi connectivity index (χ0n) is 11.7. The summed E-state index contributed by atoms with van der Waals surface area (Å²) < 4.78 is 29.2. The van der Waals surface area contributed by atoms with Gasteiger partial charge in [0.1, 0.15) is 0 Å². The number of imidazole rings is 1. The number of benzene rings is 1. The van der Waals surface area contributed by atoms with Crippen molar-refractivity contribution in [3.8, 4) is 0 Å². The molecule has 23 heavy (non-hydrogen) atoms. The number of azo groups is 1. The fourth-order valence-electron chi connectivity index (χ4n) is 1.64. The number of aromatic amines is 1. The normalized spacial score (nSPS) is 13.3. The summed E-state index contributed by atoms with van der Waals surface area (Å²) in [4.78, 5) is 17.3. The van der Waals surface area contributed by atoms with Crippen LogP contribution in [0.3, 0.4) is 0 Å². The van der Waals surface area contributed by atoms with Gasteiger partial charge in [-0.3, -0.25) is 4.79 Å². The number of H-pyrrole nitrogens is 1. The number of hydrogen-bond acceptors (Lipinski definition) is 6. The molecule has 10 nitrogen and oxygen atoms in total. The molecule has 0 saturated heterocycles. The van der Waals surface area contributed by atoms with Crippen LogP contribution in [0.2, 0.25) is 0 Å². The van der Waals surface area contributed by atoms with E-state index in [-0.39, 0.29) is 16.7 Å². The topological polar surface area (TPSA) is 174 Å². The van der Waals surface area contributed by atoms with Crippen LogP contribution in [0.1, 0.15) is 5.69 Å². The van der Waals surface area contributed by atoms with Gasteiger partial charge in [-0.25, -0.2) is 0 Å². The molecule has 0 spiro atoms. The smallest absolute Gasteiger partial charge is 0.480 e. The fraction of sp³-hybridized carbons (Fsp3) is 0.167. The van der Waals surface area contributed by atoms with E-state index in [4.69, 9.17) is 19.0 Å². The van der Waals surface area contributed by atoms with E-state index in [1.807, 2.05) is 0 Å². The average Bonchev–Trinajstić information content (AvgIpc) is 2.92. The molecule has 2 aromatic rings. The van der Waals surface area contributed by atoms with Gasteiger partial charge in [0.05, 0.1) is 0 Å². The summed E-state index contributed by atoms with van der Waals surface area (Å²) >= 11 is -4.90. The Morgan fingerprint density at radius 1 is 1.30 bits per heavy atom. The summed E-state index contributed by atoms with van der Waals surface area (Å²) in [5, 5.41) is 16.4. The number of nitrogens with zero attached hydrogens (tertiary/aromatic N) is 3. The molecule has 1 aromatic carbocycles. The minimum Gasteiger partial charge on any atom is -0.480 e. The van der Waals surface area contributed by atoms with Crippen molar-refractivity contribution in [2.24, 2.45) is 16.0 Å². The van der Waals surface area contributed by atoms with E-state index in [1.165, 1.54) is 30.5 Å². The summed E-state index contributed by atoms with van der Waals surface area (Å²) in [6, 6.07) is 4.37. The fourth-order valence-corrected chi connectivity index (χ4v) is 2.77. The molecule has 0 aliphatic carbocycles. The zero-order valence-corrected chi connectivity index (χ0v) is 13.6. The molecule has 0 saturated carbocycles. The molecule has 11 heteroatoms. The third-order valence-electron chi connectivity index (χ3n) is 2.82. The van der Waals surface area contributed by atoms with Crippen LogP contribution in [0.25, 0.3) is 0 Å². The summed E-state index contributed by atoms with van der Waals surface area (Å²) in [5.74, 6) is -0.949. The van der Waals surface area contributed by atoms with Crippen molar-refractivity contribution in [1.82, 2.24) is 9.97 Å². The molecule has 6 N–H and O–H groups in total. The van der Waals surface area contributed by atoms with Crippen molar-refractivity contribution < 1.29 is 21.8 Å². The standard InChI is InChI=1S/C12H14AsN5O5/c14-10(11(19)20)5-9-6-15-12(16-9)18-17-8-3-1-7(2-4-8)13(21,22)23/h1-4,6,10H,5,14H2,(H,15,16)(H,19,20)(H2,21,22,23)/t10-/m0/s1. The van der Waals surface area contributed by atoms with Gasteiger partial charge in [-0.1, -0.05) is 0 Å². The van der Waals surface area contributed by atoms with Gasteiger partial charge in [0.15, 0.2) is 0 Å². The third kappa shape index (κ3) is 4.86. The minimum atomic E-state index is -4.90. The van der Waals surface area contributed by atoms with Crippen molar-refractivity contribution in [2.45, 2.75) is 12.5 Å². The Labute approximate surface area is 133 Å². The number of carbonyl (C=O) groups is 1. The number of aromatic nitrogens is 2. The Kier molecular flexibility index (Phi) is 5.11. The molecule has 1 atom stereocenters. The van der Waals surface area contributed by atoms with Crippen LogP contribution in [-0.2, 0) is 15.0 Å². The molecule has 0 bridgehead atoms. The van der Waals surface area contributed by atoms with E-state index in [2.05, 4.69) is 20.2 Å². The Bertz CT molecular complexity index is 766. The molecule has 1 aromatic heterocycles. The average molecular weight is 383 g/mol. The Balaban J connectivity index is 2.05. The van der Waals surface area contributed by atoms with E-state index in [9.17, 15) is 8.53 Å². The zero-order chi connectivity index (χ0) is 17.0. The minimum absolute atomic E-state index is 0.0509. The SMILES string of the molecule is N[C@@H](Cc1cnc(N=Nc2ccc([As](=O)(O)O)cc2)[nH]1)C(=O)O. The van der Waals surface area contributed by atoms with Crippen LogP contribution in [0.15, 0.2) is 40.7 Å². The second-order valence-corrected chi connectivity index (χ2v) is 8.01. The molecule has 0 fully saturated rings. The maximum absolute atomic E-state index is 11.1. The Morgan fingerprint density at radius 2 is 1.96 bits per heavy atom. The van der Waals surface area contributed by atoms with E-state index in [0.29, 0.717) is 11.4 Å². The van der Waals surface area contributed by atoms with Gasteiger partial charge in [-0.15, -0.1) is 0 Å². The predicted molar refractivity (Wildman–Crippen MR) is 79.0 cm³/mol. The van der Waals surface area contributed by atoms with Crippen LogP contribution >= 0.6 is 0 Å². The number of aliphatic carboxylic acids is 1. The van der Waals surface area contributed by atoms with Crippen molar-refractivity contribution in [2.75, 3.05) is 0 Å². The second kappa shape index (κ2) is 6.88. The van der Waals surface area contributed by atoms with Crippen LogP contribution in [0.5, 0.6) is 0 Å². The molecule has 122 valence electrons. The van der Waals surface area contributed by atoms with E-state index >= 15 is 0 Å². The third-order valence-corrected chi connectivity index (χ3v) is 4.86. The molecule has 1 heterocycles. The number of rotatable bonds is 6. The van der Waals surface area contributed by atoms with Gasteiger partial charge in [0.25, 0.3) is 0 Å². The van der Waals surface area contributed by atoms with Gasteiger partial charge in [-0.05, 0) is 0 Å². The van der Waals surface area contributed by atoms with Crippen molar-refractivity contribution >= 4 is 36.1 Å². The molecule has 0 unspecified atom stereocenters. The van der Waals surface area contributed by atoms with Crippen LogP contribution in [-0.4, -0.2) is 49.4 Å². The number of nitrogens with one attached hydrogen (secondary N) is 1. The first kappa shape index (κ1) is 17.1. The first-order valence-electron chi connectivity index (χ1n) is 6.36. The molecule has 0 aliphatic heterocycles. The quantitative estimate of drug-likeness (QED) is 0.325. The summed E-state index contributed by atoms with van der Waals surface area (Å²) in [7, 11) is 0. The van der Waals surface area contributed by atoms with Gasteiger partial charge in [0, 0.05) is 0 Å². The van der Waals surface area contributed by atoms with E-state index < -0.39 is 26.2 Å². The molecule has 0 aliphatic rings. The maximum atomic E-state index is 11.1. The molecular formula is C12H14AsN5O5. The van der Waals surface area contributed by atoms with Crippen molar-refractivity contribution in [1.29, 1.82) is 0 Å². The second-order valence-electron chi connectivity index (χ2n) is 4.64. The number of nitrogens with two attached hydrogens (primary N) is 1. The molecule has 2 rings (SSSR count). The van der Waals surface area contributed by atoms with E-state index in [1.54, 1.807) is 0 Å². The van der Waals surface area contributed by atoms with E-state index in [0.717, 1.165) is 0 Å². The van der Waals surface area contributed by atoms with Gasteiger partial charge >= 0.3 is 123 Å². The summed E-state index contributed by atoms with van der Waals surface area (Å²) in [6.07, 6.45) is 1.49. The summed E-state index contributed by atoms with van der Waals surface area (Å²) in [6.45, 7) is 0. The van der Waals surface area contributed by atoms with Crippen LogP contribution in [0.4, 0.5) is 11.6 Å². The van der Waals surface area contributed by atoms with Crippen LogP contribution in [0, 0.1) is 0 Å². The van der Waals surface area contributed by atoms with Gasteiger partial charge < -0.3 is 5.11 Å². The first-order valence-corrected chi connectivity index (χ1v) is 9.74. The Hall–Kier alpha value is -2.26. The predicted octanol–water partition coefficient (Wildman–Crippen LogP) is -0.660. The number of carboxylic acid groups (broad SMARTS) is 1. The first-order chi connectivity index (χ1) is 10.8. The summed E-state index contributed by atoms with van der Waals surface area (Å²) in [5.41, 5.74) is 6.30. The van der Waals surface area contributed by atoms with Crippen LogP contribution < -0.4 is 10.1 Å². The molecular weight excluding hydrogens is 369 g/mol. The van der Waals surface area contributed by atoms with Crippen molar-refractivity contribution in [3.05, 3.63) is 36.2 Å². The number of hydrogen-bond donors (Lipinski definition) is 5. The number of carboxylic acids is 1.